The number of hydrogen-bond acceptors (Lipinski definition) is 7. The van der Waals surface area contributed by atoms with E-state index < -0.39 is 35.5 Å². The van der Waals surface area contributed by atoms with E-state index in [-0.39, 0.29) is 66.6 Å². The molecule has 8 nitrogen and oxygen atoms in total. The Morgan fingerprint density at radius 1 is 1.07 bits per heavy atom. The molecule has 3 N–H and O–H groups in total. The van der Waals surface area contributed by atoms with E-state index in [2.05, 4.69) is 12.2 Å². The number of ketones is 2. The highest BCUT2D eigenvalue weighted by molar-refractivity contribution is 5.92. The molecule has 0 saturated heterocycles. The van der Waals surface area contributed by atoms with E-state index in [9.17, 15) is 29.4 Å². The summed E-state index contributed by atoms with van der Waals surface area (Å²) in [4.78, 5) is 50.3. The van der Waals surface area contributed by atoms with Crippen LogP contribution in [0.1, 0.15) is 90.2 Å². The monoisotopic (exact) mass is 565 g/mol. The second kappa shape index (κ2) is 11.1. The number of allylic oxidation sites excluding steroid dienone is 1. The molecule has 41 heavy (non-hydrogen) atoms. The molecule has 8 atom stereocenters. The molecule has 0 spiro atoms. The number of fused-ring (bicyclic) bond motifs is 5. The number of aliphatic hydroxyl groups is 2. The lowest BCUT2D eigenvalue weighted by Crippen LogP contribution is -2.62. The number of nitrogens with one attached hydrogen (secondary N) is 1. The van der Waals surface area contributed by atoms with Gasteiger partial charge < -0.3 is 20.3 Å². The quantitative estimate of drug-likeness (QED) is 0.407. The zero-order valence-corrected chi connectivity index (χ0v) is 24.4. The third-order valence-electron chi connectivity index (χ3n) is 11.1. The van der Waals surface area contributed by atoms with E-state index in [0.717, 1.165) is 30.4 Å². The molecule has 222 valence electrons. The topological polar surface area (TPSA) is 130 Å². The molecule has 0 heterocycles. The van der Waals surface area contributed by atoms with E-state index in [0.29, 0.717) is 12.8 Å². The molecule has 0 bridgehead atoms. The number of ether oxygens (including phenoxy) is 1. The van der Waals surface area contributed by atoms with Crippen molar-refractivity contribution < 1.29 is 34.1 Å². The van der Waals surface area contributed by atoms with Gasteiger partial charge in [-0.15, -0.1) is 0 Å². The molecule has 1 aromatic carbocycles. The SMILES string of the molecule is CC(NC(=O)CCC(=O)OCC(=O)[C@@]1(O)CC[C@H]2[C@@H]3CCC4=CC(=O)CC[C@]4(C)[C@H]3[C@@H](O)C[C@@]21C)c1ccccc1. The molecule has 4 aliphatic carbocycles. The fourth-order valence-electron chi connectivity index (χ4n) is 8.84. The summed E-state index contributed by atoms with van der Waals surface area (Å²) >= 11 is 0. The summed E-state index contributed by atoms with van der Waals surface area (Å²) in [6.45, 7) is 5.38. The van der Waals surface area contributed by atoms with E-state index in [4.69, 9.17) is 4.74 Å². The molecule has 3 saturated carbocycles. The number of hydrogen-bond donors (Lipinski definition) is 3. The minimum absolute atomic E-state index is 0.0142. The van der Waals surface area contributed by atoms with Gasteiger partial charge in [0.2, 0.25) is 11.7 Å². The number of carbonyl (C=O) groups is 4. The highest BCUT2D eigenvalue weighted by Crippen LogP contribution is 2.67. The summed E-state index contributed by atoms with van der Waals surface area (Å²) in [5.74, 6) is -1.17. The van der Waals surface area contributed by atoms with E-state index >= 15 is 0 Å². The maximum absolute atomic E-state index is 13.4. The molecule has 5 rings (SSSR count). The normalized spacial score (nSPS) is 36.7. The molecule has 1 amide bonds. The van der Waals surface area contributed by atoms with Crippen LogP contribution < -0.4 is 5.32 Å². The fraction of sp³-hybridized carbons (Fsp3) is 0.636. The summed E-state index contributed by atoms with van der Waals surface area (Å²) in [6.07, 6.45) is 4.88. The second-order valence-corrected chi connectivity index (χ2v) is 13.3. The van der Waals surface area contributed by atoms with Crippen molar-refractivity contribution in [1.82, 2.24) is 5.32 Å². The van der Waals surface area contributed by atoms with Crippen LogP contribution in [0.2, 0.25) is 0 Å². The maximum Gasteiger partial charge on any atom is 0.306 e. The lowest BCUT2D eigenvalue weighted by molar-refractivity contribution is -0.184. The minimum Gasteiger partial charge on any atom is -0.458 e. The Morgan fingerprint density at radius 2 is 1.80 bits per heavy atom. The van der Waals surface area contributed by atoms with Crippen molar-refractivity contribution in [2.75, 3.05) is 6.61 Å². The number of benzene rings is 1. The Morgan fingerprint density at radius 3 is 2.54 bits per heavy atom. The lowest BCUT2D eigenvalue weighted by Gasteiger charge is -2.60. The van der Waals surface area contributed by atoms with Gasteiger partial charge in [-0.05, 0) is 80.3 Å². The minimum atomic E-state index is -1.70. The van der Waals surface area contributed by atoms with Crippen molar-refractivity contribution in [3.8, 4) is 0 Å². The average Bonchev–Trinajstić information content (AvgIpc) is 3.21. The molecule has 0 aliphatic heterocycles. The second-order valence-electron chi connectivity index (χ2n) is 13.3. The first kappa shape index (κ1) is 29.6. The van der Waals surface area contributed by atoms with Crippen molar-refractivity contribution in [3.05, 3.63) is 47.5 Å². The number of Topliss-reactive ketones (excluding diaryl/α,β-unsaturated/α-hetero) is 1. The van der Waals surface area contributed by atoms with Gasteiger partial charge in [0.1, 0.15) is 5.60 Å². The number of esters is 1. The summed E-state index contributed by atoms with van der Waals surface area (Å²) in [5.41, 5.74) is -0.698. The van der Waals surface area contributed by atoms with Crippen LogP contribution in [0.5, 0.6) is 0 Å². The van der Waals surface area contributed by atoms with Crippen molar-refractivity contribution in [2.24, 2.45) is 28.6 Å². The zero-order valence-electron chi connectivity index (χ0n) is 24.4. The van der Waals surface area contributed by atoms with E-state index in [1.54, 1.807) is 6.08 Å². The number of carbonyl (C=O) groups excluding carboxylic acids is 4. The Hall–Kier alpha value is -2.84. The van der Waals surface area contributed by atoms with Gasteiger partial charge in [0.25, 0.3) is 0 Å². The van der Waals surface area contributed by atoms with Gasteiger partial charge in [-0.2, -0.15) is 0 Å². The summed E-state index contributed by atoms with van der Waals surface area (Å²) in [5, 5.41) is 26.2. The Bertz CT molecular complexity index is 1240. The van der Waals surface area contributed by atoms with Gasteiger partial charge in [0.05, 0.1) is 18.6 Å². The zero-order chi connectivity index (χ0) is 29.6. The van der Waals surface area contributed by atoms with Crippen LogP contribution in [0.15, 0.2) is 42.0 Å². The van der Waals surface area contributed by atoms with Crippen LogP contribution in [-0.4, -0.2) is 52.0 Å². The third kappa shape index (κ3) is 5.18. The molecule has 8 heteroatoms. The van der Waals surface area contributed by atoms with E-state index in [1.165, 1.54) is 0 Å². The first-order chi connectivity index (χ1) is 19.4. The summed E-state index contributed by atoms with van der Waals surface area (Å²) < 4.78 is 5.25. The molecule has 3 fully saturated rings. The van der Waals surface area contributed by atoms with Crippen molar-refractivity contribution >= 4 is 23.4 Å². The largest absolute Gasteiger partial charge is 0.458 e. The summed E-state index contributed by atoms with van der Waals surface area (Å²) in [6, 6.07) is 9.30. The van der Waals surface area contributed by atoms with Crippen molar-refractivity contribution in [2.45, 2.75) is 96.3 Å². The van der Waals surface area contributed by atoms with Crippen LogP contribution in [0.4, 0.5) is 0 Å². The van der Waals surface area contributed by atoms with E-state index in [1.807, 2.05) is 44.2 Å². The Balaban J connectivity index is 1.18. The van der Waals surface area contributed by atoms with Crippen molar-refractivity contribution in [3.63, 3.8) is 0 Å². The third-order valence-corrected chi connectivity index (χ3v) is 11.1. The van der Waals surface area contributed by atoms with Crippen LogP contribution >= 0.6 is 0 Å². The molecule has 1 unspecified atom stereocenters. The molecular weight excluding hydrogens is 522 g/mol. The molecule has 0 radical (unpaired) electrons. The Labute approximate surface area is 241 Å². The van der Waals surface area contributed by atoms with Gasteiger partial charge >= 0.3 is 5.97 Å². The molecule has 4 aliphatic rings. The maximum atomic E-state index is 13.4. The number of aliphatic hydroxyl groups excluding tert-OH is 1. The van der Waals surface area contributed by atoms with Gasteiger partial charge in [0, 0.05) is 18.3 Å². The van der Waals surface area contributed by atoms with Gasteiger partial charge in [-0.25, -0.2) is 0 Å². The van der Waals surface area contributed by atoms with Gasteiger partial charge in [0.15, 0.2) is 12.4 Å². The summed E-state index contributed by atoms with van der Waals surface area (Å²) in [7, 11) is 0. The van der Waals surface area contributed by atoms with Crippen molar-refractivity contribution in [1.29, 1.82) is 0 Å². The van der Waals surface area contributed by atoms with Crippen LogP contribution in [0.25, 0.3) is 0 Å². The van der Waals surface area contributed by atoms with Crippen LogP contribution in [-0.2, 0) is 23.9 Å². The first-order valence-electron chi connectivity index (χ1n) is 15.1. The Kier molecular flexibility index (Phi) is 8.03. The lowest BCUT2D eigenvalue weighted by atomic mass is 9.45. The fourth-order valence-corrected chi connectivity index (χ4v) is 8.84. The average molecular weight is 566 g/mol. The number of amides is 1. The first-order valence-corrected chi connectivity index (χ1v) is 15.1. The van der Waals surface area contributed by atoms with Gasteiger partial charge in [-0.3, -0.25) is 19.2 Å². The number of rotatable bonds is 8. The van der Waals surface area contributed by atoms with Crippen LogP contribution in [0.3, 0.4) is 0 Å². The standard InChI is InChI=1S/C33H43NO7/c1-20(21-7-5-4-6-8-21)34-28(38)11-12-29(39)41-19-27(37)33(40)16-14-25-24-10-9-22-17-23(35)13-15-31(22,2)30(24)26(36)18-32(25,33)3/h4-8,17,20,24-26,30,36,40H,9-16,18-19H2,1-3H3,(H,34,38)/t20?,24-,25-,26-,30+,31-,32-,33-/m0/s1. The van der Waals surface area contributed by atoms with Crippen LogP contribution in [0, 0.1) is 28.6 Å². The van der Waals surface area contributed by atoms with Gasteiger partial charge in [-0.1, -0.05) is 49.8 Å². The highest BCUT2D eigenvalue weighted by Gasteiger charge is 2.68. The highest BCUT2D eigenvalue weighted by atomic mass is 16.5. The molecule has 0 aromatic heterocycles. The molecular formula is C33H43NO7. The predicted octanol–water partition coefficient (Wildman–Crippen LogP) is 3.99. The predicted molar refractivity (Wildman–Crippen MR) is 151 cm³/mol. The molecule has 1 aromatic rings. The smallest absolute Gasteiger partial charge is 0.306 e.